The van der Waals surface area contributed by atoms with Crippen molar-refractivity contribution in [2.24, 2.45) is 0 Å². The summed E-state index contributed by atoms with van der Waals surface area (Å²) in [7, 11) is 0. The van der Waals surface area contributed by atoms with Crippen LogP contribution in [0.1, 0.15) is 19.8 Å². The highest BCUT2D eigenvalue weighted by molar-refractivity contribution is 5.78. The lowest BCUT2D eigenvalue weighted by Gasteiger charge is -1.98. The fraction of sp³-hybridized carbons (Fsp3) is 0.308. The van der Waals surface area contributed by atoms with Crippen molar-refractivity contribution in [1.29, 1.82) is 0 Å². The Balaban J connectivity index is 2.18. The Labute approximate surface area is 115 Å². The molecule has 0 unspecified atom stereocenters. The predicted octanol–water partition coefficient (Wildman–Crippen LogP) is 2.22. The summed E-state index contributed by atoms with van der Waals surface area (Å²) in [6, 6.07) is 6.09. The van der Waals surface area contributed by atoms with Crippen molar-refractivity contribution in [3.05, 3.63) is 40.7 Å². The first-order valence-electron chi connectivity index (χ1n) is 6.26. The molecular formula is C13H14N4O3. The first-order chi connectivity index (χ1) is 9.60. The number of aromatic nitrogens is 3. The van der Waals surface area contributed by atoms with E-state index in [1.54, 1.807) is 12.1 Å². The molecule has 7 nitrogen and oxygen atoms in total. The summed E-state index contributed by atoms with van der Waals surface area (Å²) in [5, 5.41) is 14.9. The number of Topliss-reactive ketones (excluding diaryl/α,β-unsaturated/α-hetero) is 1. The quantitative estimate of drug-likeness (QED) is 0.595. The zero-order valence-corrected chi connectivity index (χ0v) is 11.0. The maximum absolute atomic E-state index is 11.5. The third-order valence-electron chi connectivity index (χ3n) is 2.72. The van der Waals surface area contributed by atoms with Gasteiger partial charge in [0.25, 0.3) is 5.69 Å². The lowest BCUT2D eigenvalue weighted by atomic mass is 10.2. The second-order valence-corrected chi connectivity index (χ2v) is 4.36. The molecule has 2 rings (SSSR count). The van der Waals surface area contributed by atoms with Gasteiger partial charge >= 0.3 is 0 Å². The molecule has 7 heteroatoms. The van der Waals surface area contributed by atoms with Gasteiger partial charge in [0, 0.05) is 24.1 Å². The lowest BCUT2D eigenvalue weighted by Crippen LogP contribution is -2.09. The van der Waals surface area contributed by atoms with Gasteiger partial charge in [0.05, 0.1) is 4.92 Å². The summed E-state index contributed by atoms with van der Waals surface area (Å²) in [6.07, 6.45) is 2.76. The predicted molar refractivity (Wildman–Crippen MR) is 72.0 cm³/mol. The highest BCUT2D eigenvalue weighted by Crippen LogP contribution is 2.20. The van der Waals surface area contributed by atoms with Crippen molar-refractivity contribution in [3.63, 3.8) is 0 Å². The molecule has 104 valence electrons. The van der Waals surface area contributed by atoms with Crippen molar-refractivity contribution in [1.82, 2.24) is 14.8 Å². The maximum atomic E-state index is 11.5. The highest BCUT2D eigenvalue weighted by Gasteiger charge is 2.11. The van der Waals surface area contributed by atoms with Crippen LogP contribution in [0.5, 0.6) is 0 Å². The van der Waals surface area contributed by atoms with E-state index < -0.39 is 4.92 Å². The molecule has 1 aromatic heterocycles. The van der Waals surface area contributed by atoms with Crippen LogP contribution in [0.15, 0.2) is 30.6 Å². The van der Waals surface area contributed by atoms with E-state index in [4.69, 9.17) is 0 Å². The summed E-state index contributed by atoms with van der Waals surface area (Å²) in [5.74, 6) is 0.459. The highest BCUT2D eigenvalue weighted by atomic mass is 16.6. The number of nitrogens with zero attached hydrogens (tertiary/aromatic N) is 4. The number of hydrogen-bond acceptors (Lipinski definition) is 5. The number of carbonyl (C=O) groups is 1. The summed E-state index contributed by atoms with van der Waals surface area (Å²) in [5.41, 5.74) is 0.543. The Kier molecular flexibility index (Phi) is 4.19. The van der Waals surface area contributed by atoms with Gasteiger partial charge in [-0.1, -0.05) is 19.1 Å². The number of hydrogen-bond donors (Lipinski definition) is 0. The minimum absolute atomic E-state index is 0.0130. The molecule has 0 fully saturated rings. The zero-order valence-electron chi connectivity index (χ0n) is 11.0. The molecule has 0 aliphatic carbocycles. The van der Waals surface area contributed by atoms with E-state index >= 15 is 0 Å². The molecule has 0 bridgehead atoms. The van der Waals surface area contributed by atoms with Gasteiger partial charge in [0.1, 0.15) is 12.9 Å². The molecule has 1 aromatic carbocycles. The Morgan fingerprint density at radius 2 is 2.25 bits per heavy atom. The normalized spacial score (nSPS) is 10.4. The van der Waals surface area contributed by atoms with Crippen molar-refractivity contribution in [2.75, 3.05) is 0 Å². The lowest BCUT2D eigenvalue weighted by molar-refractivity contribution is -0.384. The monoisotopic (exact) mass is 274 g/mol. The summed E-state index contributed by atoms with van der Waals surface area (Å²) in [6.45, 7) is 2.11. The molecule has 0 radical (unpaired) electrons. The molecule has 0 aliphatic rings. The largest absolute Gasteiger partial charge is 0.298 e. The van der Waals surface area contributed by atoms with Crippen LogP contribution in [-0.2, 0) is 11.3 Å². The fourth-order valence-corrected chi connectivity index (χ4v) is 1.80. The van der Waals surface area contributed by atoms with Gasteiger partial charge in [-0.15, -0.1) is 0 Å². The van der Waals surface area contributed by atoms with Crippen LogP contribution in [0.3, 0.4) is 0 Å². The van der Waals surface area contributed by atoms with Crippen LogP contribution in [0, 0.1) is 10.1 Å². The van der Waals surface area contributed by atoms with E-state index in [1.165, 1.54) is 23.1 Å². The Morgan fingerprint density at radius 1 is 1.45 bits per heavy atom. The number of nitro benzene ring substituents is 1. The van der Waals surface area contributed by atoms with E-state index in [1.807, 2.05) is 6.92 Å². The topological polar surface area (TPSA) is 90.9 Å². The molecule has 20 heavy (non-hydrogen) atoms. The standard InChI is InChI=1S/C13H14N4O3/c1-2-4-12(18)8-16-9-14-13(15-16)10-5-3-6-11(7-10)17(19)20/h3,5-7,9H,2,4,8H2,1H3. The first-order valence-corrected chi connectivity index (χ1v) is 6.26. The number of ketones is 1. The van der Waals surface area contributed by atoms with Gasteiger partial charge in [0.2, 0.25) is 0 Å². The molecular weight excluding hydrogens is 260 g/mol. The summed E-state index contributed by atoms with van der Waals surface area (Å²) < 4.78 is 1.45. The fourth-order valence-electron chi connectivity index (χ4n) is 1.80. The zero-order chi connectivity index (χ0) is 14.5. The molecule has 2 aromatic rings. The van der Waals surface area contributed by atoms with Crippen LogP contribution in [-0.4, -0.2) is 25.5 Å². The van der Waals surface area contributed by atoms with Crippen molar-refractivity contribution >= 4 is 11.5 Å². The van der Waals surface area contributed by atoms with Crippen molar-refractivity contribution < 1.29 is 9.72 Å². The molecule has 0 N–H and O–H groups in total. The molecule has 0 saturated heterocycles. The van der Waals surface area contributed by atoms with Gasteiger partial charge in [-0.05, 0) is 6.42 Å². The summed E-state index contributed by atoms with van der Waals surface area (Å²) in [4.78, 5) is 25.9. The SMILES string of the molecule is CCCC(=O)Cn1cnc(-c2cccc([N+](=O)[O-])c2)n1. The molecule has 0 saturated carbocycles. The van der Waals surface area contributed by atoms with Gasteiger partial charge in [0.15, 0.2) is 11.6 Å². The van der Waals surface area contributed by atoms with Crippen molar-refractivity contribution in [3.8, 4) is 11.4 Å². The number of benzene rings is 1. The van der Waals surface area contributed by atoms with Gasteiger partial charge in [-0.25, -0.2) is 9.67 Å². The second kappa shape index (κ2) is 6.05. The van der Waals surface area contributed by atoms with Gasteiger partial charge < -0.3 is 0 Å². The minimum Gasteiger partial charge on any atom is -0.298 e. The van der Waals surface area contributed by atoms with E-state index in [0.717, 1.165) is 6.42 Å². The van der Waals surface area contributed by atoms with Gasteiger partial charge in [-0.3, -0.25) is 14.9 Å². The van der Waals surface area contributed by atoms with Crippen LogP contribution in [0.4, 0.5) is 5.69 Å². The van der Waals surface area contributed by atoms with Crippen LogP contribution < -0.4 is 0 Å². The Morgan fingerprint density at radius 3 is 2.95 bits per heavy atom. The van der Waals surface area contributed by atoms with Crippen LogP contribution in [0.2, 0.25) is 0 Å². The summed E-state index contributed by atoms with van der Waals surface area (Å²) >= 11 is 0. The van der Waals surface area contributed by atoms with E-state index in [0.29, 0.717) is 17.8 Å². The van der Waals surface area contributed by atoms with E-state index in [-0.39, 0.29) is 18.0 Å². The van der Waals surface area contributed by atoms with E-state index in [2.05, 4.69) is 10.1 Å². The maximum Gasteiger partial charge on any atom is 0.270 e. The third kappa shape index (κ3) is 3.25. The van der Waals surface area contributed by atoms with E-state index in [9.17, 15) is 14.9 Å². The molecule has 0 spiro atoms. The Hall–Kier alpha value is -2.57. The molecule has 0 atom stereocenters. The molecule has 0 aliphatic heterocycles. The Bertz CT molecular complexity index is 636. The smallest absolute Gasteiger partial charge is 0.270 e. The van der Waals surface area contributed by atoms with Crippen molar-refractivity contribution in [2.45, 2.75) is 26.3 Å². The molecule has 1 heterocycles. The average molecular weight is 274 g/mol. The number of non-ortho nitro benzene ring substituents is 1. The third-order valence-corrected chi connectivity index (χ3v) is 2.72. The first kappa shape index (κ1) is 13.9. The number of carbonyl (C=O) groups excluding carboxylic acids is 1. The second-order valence-electron chi connectivity index (χ2n) is 4.36. The average Bonchev–Trinajstić information content (AvgIpc) is 2.87. The number of rotatable bonds is 6. The molecule has 0 amide bonds. The minimum atomic E-state index is -0.467. The van der Waals surface area contributed by atoms with Crippen LogP contribution in [0.25, 0.3) is 11.4 Å². The van der Waals surface area contributed by atoms with Crippen LogP contribution >= 0.6 is 0 Å². The number of nitro groups is 1. The van der Waals surface area contributed by atoms with Gasteiger partial charge in [-0.2, -0.15) is 5.10 Å².